The molecule has 3 atom stereocenters. The summed E-state index contributed by atoms with van der Waals surface area (Å²) < 4.78 is 0. The van der Waals surface area contributed by atoms with Gasteiger partial charge in [0.2, 0.25) is 11.8 Å². The first-order valence-electron chi connectivity index (χ1n) is 10.5. The van der Waals surface area contributed by atoms with Gasteiger partial charge in [-0.2, -0.15) is 0 Å². The van der Waals surface area contributed by atoms with Gasteiger partial charge in [-0.1, -0.05) is 60.3 Å². The second-order valence-electron chi connectivity index (χ2n) is 8.08. The number of amides is 2. The molecule has 0 aliphatic carbocycles. The Bertz CT molecular complexity index is 1070. The zero-order chi connectivity index (χ0) is 22.8. The minimum atomic E-state index is -1.07. The fraction of sp³-hybridized carbons (Fsp3) is 0.333. The van der Waals surface area contributed by atoms with Crippen LogP contribution in [0.2, 0.25) is 0 Å². The lowest BCUT2D eigenvalue weighted by atomic mass is 10.0. The molecule has 2 aromatic rings. The highest BCUT2D eigenvalue weighted by atomic mass is 32.2. The second kappa shape index (κ2) is 9.16. The van der Waals surface area contributed by atoms with Crippen molar-refractivity contribution < 1.29 is 24.3 Å². The Labute approximate surface area is 190 Å². The number of carbonyl (C=O) groups excluding carboxylic acids is 3. The number of hydrogen-bond acceptors (Lipinski definition) is 5. The molecule has 0 saturated heterocycles. The highest BCUT2D eigenvalue weighted by Gasteiger charge is 2.44. The smallest absolute Gasteiger partial charge is 0.327 e. The van der Waals surface area contributed by atoms with Crippen LogP contribution in [0.25, 0.3) is 0 Å². The van der Waals surface area contributed by atoms with Crippen molar-refractivity contribution in [3.63, 3.8) is 0 Å². The number of para-hydroxylation sites is 1. The molecule has 166 valence electrons. The summed E-state index contributed by atoms with van der Waals surface area (Å²) in [5, 5.41) is 11.7. The number of hydrogen-bond donors (Lipinski definition) is 2. The summed E-state index contributed by atoms with van der Waals surface area (Å²) >= 11 is 0.937. The van der Waals surface area contributed by atoms with Gasteiger partial charge in [-0.25, -0.2) is 4.79 Å². The number of rotatable bonds is 6. The highest BCUT2D eigenvalue weighted by Crippen LogP contribution is 2.39. The predicted octanol–water partition coefficient (Wildman–Crippen LogP) is 2.35. The van der Waals surface area contributed by atoms with E-state index in [-0.39, 0.29) is 11.5 Å². The maximum Gasteiger partial charge on any atom is 0.327 e. The molecule has 1 unspecified atom stereocenters. The first-order chi connectivity index (χ1) is 15.3. The molecule has 0 aromatic heterocycles. The first kappa shape index (κ1) is 22.1. The van der Waals surface area contributed by atoms with Gasteiger partial charge in [-0.3, -0.25) is 19.3 Å². The van der Waals surface area contributed by atoms with Crippen molar-refractivity contribution >= 4 is 40.3 Å². The van der Waals surface area contributed by atoms with Crippen LogP contribution in [0.15, 0.2) is 48.5 Å². The summed E-state index contributed by atoms with van der Waals surface area (Å²) in [6.07, 6.45) is 1.52. The Morgan fingerprint density at radius 3 is 2.53 bits per heavy atom. The van der Waals surface area contributed by atoms with Gasteiger partial charge in [0.05, 0.1) is 10.9 Å². The molecule has 2 aliphatic rings. The van der Waals surface area contributed by atoms with E-state index in [0.29, 0.717) is 24.9 Å². The van der Waals surface area contributed by atoms with E-state index >= 15 is 0 Å². The second-order valence-corrected chi connectivity index (χ2v) is 9.46. The number of nitrogens with zero attached hydrogens (tertiary/aromatic N) is 1. The number of anilines is 1. The summed E-state index contributed by atoms with van der Waals surface area (Å²) in [6.45, 7) is 1.41. The van der Waals surface area contributed by atoms with E-state index in [1.54, 1.807) is 0 Å². The van der Waals surface area contributed by atoms with Crippen LogP contribution in [0, 0.1) is 0 Å². The molecule has 0 saturated carbocycles. The molecule has 8 heteroatoms. The quantitative estimate of drug-likeness (QED) is 0.697. The molecule has 0 fully saturated rings. The van der Waals surface area contributed by atoms with Crippen molar-refractivity contribution in [2.45, 2.75) is 49.9 Å². The van der Waals surface area contributed by atoms with E-state index in [9.17, 15) is 24.3 Å². The monoisotopic (exact) mass is 452 g/mol. The van der Waals surface area contributed by atoms with E-state index < -0.39 is 35.1 Å². The number of thioether (sulfide) groups is 1. The highest BCUT2D eigenvalue weighted by molar-refractivity contribution is 8.14. The third-order valence-corrected chi connectivity index (χ3v) is 6.87. The third kappa shape index (κ3) is 4.41. The fourth-order valence-corrected chi connectivity index (χ4v) is 5.30. The summed E-state index contributed by atoms with van der Waals surface area (Å²) in [5.74, 6) is -1.88. The molecule has 2 heterocycles. The molecule has 32 heavy (non-hydrogen) atoms. The molecular formula is C24H24N2O5S. The Balaban J connectivity index is 1.57. The molecule has 7 nitrogen and oxygen atoms in total. The van der Waals surface area contributed by atoms with Crippen LogP contribution in [-0.2, 0) is 38.4 Å². The van der Waals surface area contributed by atoms with Crippen LogP contribution >= 0.6 is 11.8 Å². The average Bonchev–Trinajstić information content (AvgIpc) is 3.10. The molecule has 0 radical (unpaired) electrons. The van der Waals surface area contributed by atoms with Gasteiger partial charge in [0.25, 0.3) is 0 Å². The topological polar surface area (TPSA) is 104 Å². The predicted molar refractivity (Wildman–Crippen MR) is 122 cm³/mol. The molecular weight excluding hydrogens is 428 g/mol. The molecule has 0 bridgehead atoms. The van der Waals surface area contributed by atoms with Crippen LogP contribution < -0.4 is 10.2 Å². The van der Waals surface area contributed by atoms with E-state index in [4.69, 9.17) is 0 Å². The van der Waals surface area contributed by atoms with Crippen molar-refractivity contribution in [2.24, 2.45) is 0 Å². The number of carboxylic acids is 1. The first-order valence-corrected chi connectivity index (χ1v) is 11.4. The SMILES string of the molecule is CC(=O)S[C@@H](Cc1ccccc1)C(=O)NC1CCc2cccc3c2N(C1=O)[C@H](C(=O)O)C3. The van der Waals surface area contributed by atoms with E-state index in [1.807, 2.05) is 48.5 Å². The molecule has 2 aromatic carbocycles. The summed E-state index contributed by atoms with van der Waals surface area (Å²) in [5.41, 5.74) is 3.33. The zero-order valence-electron chi connectivity index (χ0n) is 17.6. The number of carbonyl (C=O) groups is 4. The Hall–Kier alpha value is -3.13. The van der Waals surface area contributed by atoms with E-state index in [2.05, 4.69) is 5.32 Å². The van der Waals surface area contributed by atoms with Crippen LogP contribution in [0.5, 0.6) is 0 Å². The number of nitrogens with one attached hydrogen (secondary N) is 1. The zero-order valence-corrected chi connectivity index (χ0v) is 18.4. The van der Waals surface area contributed by atoms with Crippen molar-refractivity contribution in [3.8, 4) is 0 Å². The minimum Gasteiger partial charge on any atom is -0.480 e. The standard InChI is InChI=1S/C24H24N2O5S/c1-14(27)32-20(12-15-6-3-2-4-7-15)22(28)25-18-11-10-16-8-5-9-17-13-19(24(30)31)26(21(16)17)23(18)29/h2-9,18-20H,10-13H2,1H3,(H,25,28)(H,30,31)/t18?,19-,20-/m0/s1. The normalized spacial score (nSPS) is 20.3. The van der Waals surface area contributed by atoms with Gasteiger partial charge in [-0.15, -0.1) is 0 Å². The van der Waals surface area contributed by atoms with Crippen molar-refractivity contribution in [1.29, 1.82) is 0 Å². The van der Waals surface area contributed by atoms with Crippen LogP contribution in [0.1, 0.15) is 30.0 Å². The van der Waals surface area contributed by atoms with Crippen LogP contribution in [0.3, 0.4) is 0 Å². The van der Waals surface area contributed by atoms with E-state index in [0.717, 1.165) is 28.5 Å². The average molecular weight is 453 g/mol. The van der Waals surface area contributed by atoms with Crippen molar-refractivity contribution in [2.75, 3.05) is 4.90 Å². The lowest BCUT2D eigenvalue weighted by Crippen LogP contribution is -2.53. The van der Waals surface area contributed by atoms with Gasteiger partial charge in [0.1, 0.15) is 12.1 Å². The summed E-state index contributed by atoms with van der Waals surface area (Å²) in [6, 6.07) is 13.2. The summed E-state index contributed by atoms with van der Waals surface area (Å²) in [7, 11) is 0. The van der Waals surface area contributed by atoms with Crippen LogP contribution in [-0.4, -0.2) is 45.3 Å². The van der Waals surface area contributed by atoms with Gasteiger partial charge in [0.15, 0.2) is 5.12 Å². The van der Waals surface area contributed by atoms with Gasteiger partial charge < -0.3 is 10.4 Å². The lowest BCUT2D eigenvalue weighted by Gasteiger charge is -2.27. The van der Waals surface area contributed by atoms with Crippen molar-refractivity contribution in [1.82, 2.24) is 5.32 Å². The number of carboxylic acid groups (broad SMARTS) is 1. The lowest BCUT2D eigenvalue weighted by molar-refractivity contribution is -0.140. The molecule has 2 N–H and O–H groups in total. The molecule has 0 spiro atoms. The minimum absolute atomic E-state index is 0.184. The molecule has 2 amide bonds. The van der Waals surface area contributed by atoms with Crippen LogP contribution in [0.4, 0.5) is 5.69 Å². The van der Waals surface area contributed by atoms with E-state index in [1.165, 1.54) is 11.8 Å². The Kier molecular flexibility index (Phi) is 6.32. The summed E-state index contributed by atoms with van der Waals surface area (Å²) in [4.78, 5) is 51.5. The maximum atomic E-state index is 13.4. The van der Waals surface area contributed by atoms with Gasteiger partial charge in [0, 0.05) is 13.3 Å². The number of benzene rings is 2. The third-order valence-electron chi connectivity index (χ3n) is 5.87. The molecule has 4 rings (SSSR count). The maximum absolute atomic E-state index is 13.4. The van der Waals surface area contributed by atoms with Gasteiger partial charge >= 0.3 is 5.97 Å². The Morgan fingerprint density at radius 1 is 1.12 bits per heavy atom. The largest absolute Gasteiger partial charge is 0.480 e. The Morgan fingerprint density at radius 2 is 1.84 bits per heavy atom. The number of aryl methyl sites for hydroxylation is 1. The van der Waals surface area contributed by atoms with Gasteiger partial charge in [-0.05, 0) is 36.0 Å². The fourth-order valence-electron chi connectivity index (χ4n) is 4.44. The number of aliphatic carboxylic acids is 1. The van der Waals surface area contributed by atoms with Crippen molar-refractivity contribution in [3.05, 3.63) is 65.2 Å². The molecule has 2 aliphatic heterocycles.